The molecule has 0 radical (unpaired) electrons. The van der Waals surface area contributed by atoms with E-state index in [1.807, 2.05) is 31.4 Å². The van der Waals surface area contributed by atoms with Crippen molar-refractivity contribution in [3.05, 3.63) is 73.2 Å². The lowest BCUT2D eigenvalue weighted by Gasteiger charge is -2.03. The van der Waals surface area contributed by atoms with Crippen LogP contribution in [0.25, 0.3) is 55.6 Å². The van der Waals surface area contributed by atoms with Crippen molar-refractivity contribution < 1.29 is 4.39 Å². The lowest BCUT2D eigenvalue weighted by molar-refractivity contribution is 0.631. The molecule has 5 heterocycles. The van der Waals surface area contributed by atoms with Crippen LogP contribution in [-0.2, 0) is 7.05 Å². The number of nitrogens with zero attached hydrogens (tertiary/aromatic N) is 5. The summed E-state index contributed by atoms with van der Waals surface area (Å²) in [6.07, 6.45) is 8.89. The fraction of sp³-hybridized carbons (Fsp3) is 0.0435. The number of pyridine rings is 2. The first-order valence-electron chi connectivity index (χ1n) is 9.72. The highest BCUT2D eigenvalue weighted by Gasteiger charge is 2.16. The van der Waals surface area contributed by atoms with Crippen molar-refractivity contribution in [2.45, 2.75) is 0 Å². The van der Waals surface area contributed by atoms with Gasteiger partial charge in [0.05, 0.1) is 41.0 Å². The second-order valence-electron chi connectivity index (χ2n) is 7.40. The second-order valence-corrected chi connectivity index (χ2v) is 7.40. The number of aryl methyl sites for hydroxylation is 1. The maximum absolute atomic E-state index is 14.4. The lowest BCUT2D eigenvalue weighted by Crippen LogP contribution is -1.85. The fourth-order valence-corrected chi connectivity index (χ4v) is 3.91. The first-order valence-corrected chi connectivity index (χ1v) is 9.72. The molecule has 6 rings (SSSR count). The molecular formula is C23H16FN7. The number of hydrogen-bond acceptors (Lipinski definition) is 4. The summed E-state index contributed by atoms with van der Waals surface area (Å²) in [5, 5.41) is 13.6. The molecule has 8 heteroatoms. The van der Waals surface area contributed by atoms with Crippen LogP contribution >= 0.6 is 0 Å². The van der Waals surface area contributed by atoms with E-state index in [1.165, 1.54) is 6.07 Å². The molecule has 0 aliphatic carbocycles. The summed E-state index contributed by atoms with van der Waals surface area (Å²) in [5.74, 6) is -0.281. The van der Waals surface area contributed by atoms with Crippen LogP contribution in [0, 0.1) is 5.82 Å². The number of aromatic amines is 2. The van der Waals surface area contributed by atoms with Gasteiger partial charge in [0.1, 0.15) is 11.5 Å². The molecule has 0 aliphatic heterocycles. The van der Waals surface area contributed by atoms with Crippen LogP contribution < -0.4 is 0 Å². The molecule has 0 unspecified atom stereocenters. The van der Waals surface area contributed by atoms with E-state index in [-0.39, 0.29) is 5.82 Å². The Morgan fingerprint density at radius 2 is 1.84 bits per heavy atom. The number of H-pyrrole nitrogens is 2. The highest BCUT2D eigenvalue weighted by atomic mass is 19.1. The van der Waals surface area contributed by atoms with Gasteiger partial charge in [-0.15, -0.1) is 0 Å². The predicted octanol–water partition coefficient (Wildman–Crippen LogP) is 4.71. The molecule has 0 amide bonds. The quantitative estimate of drug-likeness (QED) is 0.443. The molecule has 5 aromatic heterocycles. The Hall–Kier alpha value is -4.33. The highest BCUT2D eigenvalue weighted by Crippen LogP contribution is 2.34. The van der Waals surface area contributed by atoms with Gasteiger partial charge in [0.25, 0.3) is 0 Å². The minimum absolute atomic E-state index is 0.281. The maximum atomic E-state index is 14.4. The maximum Gasteiger partial charge on any atom is 0.131 e. The highest BCUT2D eigenvalue weighted by molar-refractivity contribution is 6.01. The van der Waals surface area contributed by atoms with Crippen LogP contribution in [0.1, 0.15) is 0 Å². The summed E-state index contributed by atoms with van der Waals surface area (Å²) in [5.41, 5.74) is 6.21. The van der Waals surface area contributed by atoms with Gasteiger partial charge in [-0.25, -0.2) is 4.39 Å². The number of hydrogen-bond donors (Lipinski definition) is 2. The minimum Gasteiger partial charge on any atom is -0.352 e. The number of benzene rings is 1. The zero-order valence-corrected chi connectivity index (χ0v) is 16.5. The Bertz CT molecular complexity index is 1570. The summed E-state index contributed by atoms with van der Waals surface area (Å²) < 4.78 is 16.2. The fourth-order valence-electron chi connectivity index (χ4n) is 3.91. The molecule has 0 spiro atoms. The van der Waals surface area contributed by atoms with Gasteiger partial charge in [0.2, 0.25) is 0 Å². The van der Waals surface area contributed by atoms with Crippen molar-refractivity contribution in [3.63, 3.8) is 0 Å². The smallest absolute Gasteiger partial charge is 0.131 e. The molecule has 31 heavy (non-hydrogen) atoms. The molecule has 0 aliphatic rings. The topological polar surface area (TPSA) is 88.1 Å². The molecule has 2 N–H and O–H groups in total. The lowest BCUT2D eigenvalue weighted by atomic mass is 10.0. The molecule has 0 atom stereocenters. The Kier molecular flexibility index (Phi) is 3.73. The predicted molar refractivity (Wildman–Crippen MR) is 117 cm³/mol. The van der Waals surface area contributed by atoms with Gasteiger partial charge in [-0.1, -0.05) is 18.2 Å². The molecular weight excluding hydrogens is 393 g/mol. The first kappa shape index (κ1) is 17.5. The van der Waals surface area contributed by atoms with E-state index in [0.29, 0.717) is 5.56 Å². The molecule has 0 saturated heterocycles. The number of fused-ring (bicyclic) bond motifs is 2. The van der Waals surface area contributed by atoms with Gasteiger partial charge in [0, 0.05) is 46.9 Å². The minimum atomic E-state index is -0.281. The number of rotatable bonds is 3. The molecule has 150 valence electrons. The number of nitrogens with one attached hydrogen (secondary N) is 2. The molecule has 0 bridgehead atoms. The van der Waals surface area contributed by atoms with E-state index < -0.39 is 0 Å². The average Bonchev–Trinajstić information content (AvgIpc) is 3.50. The van der Waals surface area contributed by atoms with Crippen molar-refractivity contribution in [2.24, 2.45) is 7.05 Å². The van der Waals surface area contributed by atoms with Gasteiger partial charge in [0.15, 0.2) is 0 Å². The van der Waals surface area contributed by atoms with E-state index in [9.17, 15) is 4.39 Å². The van der Waals surface area contributed by atoms with E-state index >= 15 is 0 Å². The molecule has 1 aromatic carbocycles. The molecule has 7 nitrogen and oxygen atoms in total. The second kappa shape index (κ2) is 6.60. The monoisotopic (exact) mass is 409 g/mol. The summed E-state index contributed by atoms with van der Waals surface area (Å²) >= 11 is 0. The Morgan fingerprint density at radius 3 is 2.68 bits per heavy atom. The van der Waals surface area contributed by atoms with Gasteiger partial charge >= 0.3 is 0 Å². The molecule has 0 fully saturated rings. The van der Waals surface area contributed by atoms with Crippen molar-refractivity contribution in [2.75, 3.05) is 0 Å². The van der Waals surface area contributed by atoms with Gasteiger partial charge < -0.3 is 4.98 Å². The third kappa shape index (κ3) is 2.80. The Labute approximate surface area is 175 Å². The Balaban J connectivity index is 1.52. The molecule has 6 aromatic rings. The summed E-state index contributed by atoms with van der Waals surface area (Å²) in [6, 6.07) is 10.7. The van der Waals surface area contributed by atoms with Crippen molar-refractivity contribution in [3.8, 4) is 33.8 Å². The van der Waals surface area contributed by atoms with Crippen LogP contribution in [0.5, 0.6) is 0 Å². The van der Waals surface area contributed by atoms with E-state index in [2.05, 4.69) is 30.2 Å². The molecule has 0 saturated carbocycles. The van der Waals surface area contributed by atoms with Crippen molar-refractivity contribution in [1.82, 2.24) is 34.9 Å². The van der Waals surface area contributed by atoms with E-state index in [4.69, 9.17) is 0 Å². The summed E-state index contributed by atoms with van der Waals surface area (Å²) in [6.45, 7) is 0. The normalized spacial score (nSPS) is 11.5. The van der Waals surface area contributed by atoms with Crippen molar-refractivity contribution in [1.29, 1.82) is 0 Å². The van der Waals surface area contributed by atoms with Crippen LogP contribution in [-0.4, -0.2) is 34.9 Å². The number of halogens is 1. The average molecular weight is 409 g/mol. The zero-order valence-electron chi connectivity index (χ0n) is 16.5. The van der Waals surface area contributed by atoms with Gasteiger partial charge in [-0.2, -0.15) is 10.2 Å². The zero-order chi connectivity index (χ0) is 20.9. The van der Waals surface area contributed by atoms with Crippen LogP contribution in [0.2, 0.25) is 0 Å². The van der Waals surface area contributed by atoms with Gasteiger partial charge in [-0.05, 0) is 18.2 Å². The third-order valence-corrected chi connectivity index (χ3v) is 5.41. The van der Waals surface area contributed by atoms with Crippen molar-refractivity contribution >= 4 is 21.8 Å². The van der Waals surface area contributed by atoms with E-state index in [0.717, 1.165) is 50.0 Å². The summed E-state index contributed by atoms with van der Waals surface area (Å²) in [4.78, 5) is 12.2. The van der Waals surface area contributed by atoms with Crippen LogP contribution in [0.3, 0.4) is 0 Å². The van der Waals surface area contributed by atoms with Crippen LogP contribution in [0.4, 0.5) is 4.39 Å². The largest absolute Gasteiger partial charge is 0.352 e. The SMILES string of the molecule is Cn1cc(-c2cc3c(-c4cc5c(-c6ccccc6F)cncc5[nH]4)n[nH]c3cn2)cn1. The van der Waals surface area contributed by atoms with E-state index in [1.54, 1.807) is 41.6 Å². The van der Waals surface area contributed by atoms with Crippen LogP contribution in [0.15, 0.2) is 67.4 Å². The van der Waals surface area contributed by atoms with Gasteiger partial charge in [-0.3, -0.25) is 19.7 Å². The number of aromatic nitrogens is 7. The first-order chi connectivity index (χ1) is 15.2. The third-order valence-electron chi connectivity index (χ3n) is 5.41. The standard InChI is InChI=1S/C23H16FN7/c1-31-12-13(8-27-31)19-7-16-22(11-26-19)29-30-23(16)20-6-15-17(9-25-10-21(15)28-20)14-4-2-3-5-18(14)24/h2-12,28H,1H3,(H,29,30). The summed E-state index contributed by atoms with van der Waals surface area (Å²) in [7, 11) is 1.87. The Morgan fingerprint density at radius 1 is 0.935 bits per heavy atom.